The van der Waals surface area contributed by atoms with Gasteiger partial charge in [-0.25, -0.2) is 23.9 Å². The molecule has 1 amide bonds. The van der Waals surface area contributed by atoms with Crippen molar-refractivity contribution in [3.63, 3.8) is 0 Å². The number of esters is 1. The van der Waals surface area contributed by atoms with Crippen LogP contribution in [-0.4, -0.2) is 88.5 Å². The van der Waals surface area contributed by atoms with E-state index in [-0.39, 0.29) is 40.2 Å². The Morgan fingerprint density at radius 2 is 1.89 bits per heavy atom. The number of nitrogens with one attached hydrogen (secondary N) is 1. The summed E-state index contributed by atoms with van der Waals surface area (Å²) in [4.78, 5) is 59.1. The number of halogens is 1. The lowest BCUT2D eigenvalue weighted by Crippen LogP contribution is -2.35. The first-order valence-corrected chi connectivity index (χ1v) is 17.9. The van der Waals surface area contributed by atoms with Gasteiger partial charge in [0.2, 0.25) is 5.43 Å². The molecule has 6 heterocycles. The van der Waals surface area contributed by atoms with E-state index < -0.39 is 28.9 Å². The van der Waals surface area contributed by atoms with E-state index >= 15 is 4.39 Å². The molecule has 53 heavy (non-hydrogen) atoms. The number of nitrogens with zero attached hydrogens (tertiary/aromatic N) is 7. The summed E-state index contributed by atoms with van der Waals surface area (Å²) in [5.74, 6) is -1.10. The smallest absolute Gasteiger partial charge is 0.414 e. The molecule has 0 unspecified atom stereocenters. The predicted molar refractivity (Wildman–Crippen MR) is 201 cm³/mol. The molecule has 1 aromatic carbocycles. The molecule has 1 N–H and O–H groups in total. The van der Waals surface area contributed by atoms with Crippen molar-refractivity contribution in [3.05, 3.63) is 57.4 Å². The second kappa shape index (κ2) is 13.1. The maximum Gasteiger partial charge on any atom is 0.414 e. The summed E-state index contributed by atoms with van der Waals surface area (Å²) in [6.45, 7) is 11.3. The third-order valence-corrected chi connectivity index (χ3v) is 10.4. The Bertz CT molecular complexity index is 2440. The van der Waals surface area contributed by atoms with Crippen molar-refractivity contribution < 1.29 is 23.5 Å². The minimum Gasteiger partial charge on any atom is -0.462 e. The largest absolute Gasteiger partial charge is 0.462 e. The number of aryl methyl sites for hydroxylation is 1. The van der Waals surface area contributed by atoms with Crippen LogP contribution in [-0.2, 0) is 22.9 Å². The monoisotopic (exact) mass is 722 g/mol. The number of aromatic nitrogens is 4. The fourth-order valence-electron chi connectivity index (χ4n) is 8.16. The van der Waals surface area contributed by atoms with Gasteiger partial charge in [-0.2, -0.15) is 5.26 Å². The van der Waals surface area contributed by atoms with Crippen molar-refractivity contribution in [1.29, 1.82) is 5.26 Å². The molecule has 2 saturated heterocycles. The van der Waals surface area contributed by atoms with E-state index in [9.17, 15) is 19.6 Å². The Morgan fingerprint density at radius 3 is 2.57 bits per heavy atom. The zero-order chi connectivity index (χ0) is 38.1. The van der Waals surface area contributed by atoms with Crippen molar-refractivity contribution in [2.45, 2.75) is 59.1 Å². The van der Waals surface area contributed by atoms with Gasteiger partial charge in [0.15, 0.2) is 0 Å². The first-order valence-electron chi connectivity index (χ1n) is 17.9. The molecular weight excluding hydrogens is 679 g/mol. The van der Waals surface area contributed by atoms with Crippen molar-refractivity contribution in [2.75, 3.05) is 50.1 Å². The number of anilines is 2. The van der Waals surface area contributed by atoms with Crippen molar-refractivity contribution in [1.82, 2.24) is 24.4 Å². The van der Waals surface area contributed by atoms with Gasteiger partial charge in [0, 0.05) is 80.4 Å². The third-order valence-electron chi connectivity index (χ3n) is 10.4. The molecule has 2 atom stereocenters. The molecule has 0 bridgehead atoms. The number of pyridine rings is 3. The van der Waals surface area contributed by atoms with E-state index in [1.54, 1.807) is 57.8 Å². The van der Waals surface area contributed by atoms with Crippen LogP contribution in [0.25, 0.3) is 44.1 Å². The summed E-state index contributed by atoms with van der Waals surface area (Å²) in [6, 6.07) is 5.06. The molecule has 0 spiro atoms. The van der Waals surface area contributed by atoms with Crippen molar-refractivity contribution in [2.24, 2.45) is 13.0 Å². The van der Waals surface area contributed by atoms with Crippen molar-refractivity contribution in [3.8, 4) is 17.2 Å². The number of likely N-dealkylation sites (N-methyl/N-ethyl adjacent to an activating group) is 1. The number of likely N-dealkylation sites (tertiary alicyclic amines) is 1. The molecule has 13 nitrogen and oxygen atoms in total. The third kappa shape index (κ3) is 5.83. The average molecular weight is 723 g/mol. The van der Waals surface area contributed by atoms with Crippen LogP contribution in [0.2, 0.25) is 0 Å². The van der Waals surface area contributed by atoms with Crippen LogP contribution in [0, 0.1) is 23.1 Å². The van der Waals surface area contributed by atoms with E-state index in [1.165, 1.54) is 11.9 Å². The maximum atomic E-state index is 16.1. The topological polar surface area (TPSA) is 150 Å². The van der Waals surface area contributed by atoms with Gasteiger partial charge >= 0.3 is 12.1 Å². The fraction of sp³-hybridized carbons (Fsp3) is 0.436. The van der Waals surface area contributed by atoms with E-state index in [0.717, 1.165) is 25.6 Å². The summed E-state index contributed by atoms with van der Waals surface area (Å²) < 4.78 is 28.7. The number of H-pyrrole nitrogens is 1. The fourth-order valence-corrected chi connectivity index (χ4v) is 8.16. The highest BCUT2D eigenvalue weighted by Crippen LogP contribution is 2.47. The Hall–Kier alpha value is -5.55. The van der Waals surface area contributed by atoms with Crippen molar-refractivity contribution >= 4 is 56.4 Å². The van der Waals surface area contributed by atoms with E-state index in [1.807, 2.05) is 6.92 Å². The Labute approximate surface area is 305 Å². The molecule has 14 heteroatoms. The van der Waals surface area contributed by atoms with Crippen LogP contribution in [0.3, 0.4) is 0 Å². The summed E-state index contributed by atoms with van der Waals surface area (Å²) in [5, 5.41) is 11.4. The number of rotatable bonds is 6. The lowest BCUT2D eigenvalue weighted by molar-refractivity contribution is 0.0521. The zero-order valence-electron chi connectivity index (χ0n) is 31.3. The first kappa shape index (κ1) is 35.8. The SMILES string of the molecule is CCOC(=O)c1c(CC)n(C)c2ncc(-c3cnc4[nH]c5c(N(C)C(=O)OC(C)(C)C)cc(F)c(C#N)c5c4c3N3CC[C@H]4CN(C)C[C@H]43)cc2c1=O. The van der Waals surface area contributed by atoms with E-state index in [0.29, 0.717) is 63.6 Å². The average Bonchev–Trinajstić information content (AvgIpc) is 3.80. The molecule has 2 aliphatic heterocycles. The lowest BCUT2D eigenvalue weighted by Gasteiger charge is -2.29. The summed E-state index contributed by atoms with van der Waals surface area (Å²) in [6.07, 6.45) is 4.02. The van der Waals surface area contributed by atoms with Gasteiger partial charge in [0.25, 0.3) is 0 Å². The number of fused-ring (bicyclic) bond motifs is 5. The molecule has 2 aliphatic rings. The normalized spacial score (nSPS) is 17.5. The van der Waals surface area contributed by atoms with E-state index in [4.69, 9.17) is 19.4 Å². The predicted octanol–water partition coefficient (Wildman–Crippen LogP) is 5.89. The van der Waals surface area contributed by atoms with Gasteiger partial charge in [-0.3, -0.25) is 9.69 Å². The zero-order valence-corrected chi connectivity index (χ0v) is 31.3. The lowest BCUT2D eigenvalue weighted by atomic mass is 9.98. The summed E-state index contributed by atoms with van der Waals surface area (Å²) in [7, 11) is 5.35. The molecule has 5 aromatic rings. The molecule has 4 aromatic heterocycles. The summed E-state index contributed by atoms with van der Waals surface area (Å²) in [5.41, 5.74) is 2.27. The van der Waals surface area contributed by atoms with Gasteiger partial charge < -0.3 is 28.8 Å². The number of ether oxygens (including phenoxy) is 2. The molecule has 0 aliphatic carbocycles. The number of aromatic amines is 1. The second-order valence-electron chi connectivity index (χ2n) is 14.9. The highest BCUT2D eigenvalue weighted by molar-refractivity contribution is 6.21. The summed E-state index contributed by atoms with van der Waals surface area (Å²) >= 11 is 0. The molecule has 2 fully saturated rings. The molecule has 276 valence electrons. The van der Waals surface area contributed by atoms with Crippen LogP contribution in [0.1, 0.15) is 62.7 Å². The highest BCUT2D eigenvalue weighted by atomic mass is 19.1. The highest BCUT2D eigenvalue weighted by Gasteiger charge is 2.42. The number of hydrogen-bond donors (Lipinski definition) is 1. The number of benzene rings is 1. The van der Waals surface area contributed by atoms with E-state index in [2.05, 4.69) is 27.9 Å². The van der Waals surface area contributed by atoms with Gasteiger partial charge in [-0.1, -0.05) is 6.92 Å². The minimum absolute atomic E-state index is 0.0270. The van der Waals surface area contributed by atoms with Crippen LogP contribution in [0.4, 0.5) is 20.6 Å². The number of nitriles is 1. The number of carbonyl (C=O) groups excluding carboxylic acids is 2. The minimum atomic E-state index is -0.801. The first-order chi connectivity index (χ1) is 25.2. The Kier molecular flexibility index (Phi) is 8.89. The Morgan fingerprint density at radius 1 is 1.13 bits per heavy atom. The van der Waals surface area contributed by atoms with Crippen LogP contribution >= 0.6 is 0 Å². The maximum absolute atomic E-state index is 16.1. The molecule has 7 rings (SSSR count). The quantitative estimate of drug-likeness (QED) is 0.210. The van der Waals surface area contributed by atoms with Gasteiger partial charge in [-0.15, -0.1) is 0 Å². The van der Waals surface area contributed by atoms with Crippen LogP contribution < -0.4 is 15.2 Å². The second-order valence-corrected chi connectivity index (χ2v) is 14.9. The van der Waals surface area contributed by atoms with Crippen LogP contribution in [0.15, 0.2) is 29.3 Å². The molecule has 0 radical (unpaired) electrons. The van der Waals surface area contributed by atoms with Gasteiger partial charge in [0.05, 0.1) is 39.8 Å². The van der Waals surface area contributed by atoms with Gasteiger partial charge in [0.1, 0.15) is 34.3 Å². The van der Waals surface area contributed by atoms with Crippen LogP contribution in [0.5, 0.6) is 0 Å². The van der Waals surface area contributed by atoms with Gasteiger partial charge in [-0.05, 0) is 59.6 Å². The number of carbonyl (C=O) groups is 2. The molecule has 0 saturated carbocycles. The Balaban J connectivity index is 1.54. The number of amides is 1. The number of hydrogen-bond acceptors (Lipinski definition) is 10. The molecular formula is C39H43FN8O5. The standard InChI is InChI=1S/C39H43FN8O5/c1-9-26-30(37(50)52-10-2)34(49)22-13-21(16-43-36(22)46(26)7)24-17-42-35-31(33(24)48-12-11-20-18-45(6)19-28(20)48)29-23(15-41)25(40)14-27(32(29)44-35)47(8)38(51)53-39(3,4)5/h13-14,16-17,20,28H,9-12,18-19H2,1-8H3,(H,42,44)/t20-,28+/m0/s1.